The number of amides is 1. The molecule has 4 unspecified atom stereocenters. The van der Waals surface area contributed by atoms with E-state index in [2.05, 4.69) is 19.2 Å². The average Bonchev–Trinajstić information content (AvgIpc) is 3.07. The number of aliphatic hydroxyl groups excluding tert-OH is 4. The van der Waals surface area contributed by atoms with Crippen molar-refractivity contribution in [2.24, 2.45) is 0 Å². The topological polar surface area (TPSA) is 110 Å². The largest absolute Gasteiger partial charge is 0.394 e. The molecule has 0 aromatic carbocycles. The van der Waals surface area contributed by atoms with E-state index in [9.17, 15) is 25.2 Å². The maximum Gasteiger partial charge on any atom is 0.249 e. The quantitative estimate of drug-likeness (QED) is 0.0420. The van der Waals surface area contributed by atoms with E-state index in [-0.39, 0.29) is 0 Å². The Balaban J connectivity index is 3.68. The molecule has 47 heavy (non-hydrogen) atoms. The molecule has 0 bridgehead atoms. The summed E-state index contributed by atoms with van der Waals surface area (Å²) in [5.74, 6) is -0.581. The van der Waals surface area contributed by atoms with Crippen LogP contribution in [0.2, 0.25) is 0 Å². The van der Waals surface area contributed by atoms with Gasteiger partial charge in [0.1, 0.15) is 12.2 Å². The van der Waals surface area contributed by atoms with Crippen LogP contribution >= 0.6 is 0 Å². The van der Waals surface area contributed by atoms with Crippen molar-refractivity contribution in [1.82, 2.24) is 5.32 Å². The first kappa shape index (κ1) is 46.3. The molecule has 6 nitrogen and oxygen atoms in total. The minimum atomic E-state index is -1.25. The summed E-state index contributed by atoms with van der Waals surface area (Å²) >= 11 is 0. The highest BCUT2D eigenvalue weighted by molar-refractivity contribution is 5.80. The Hall–Kier alpha value is -0.690. The van der Waals surface area contributed by atoms with Crippen molar-refractivity contribution in [3.63, 3.8) is 0 Å². The zero-order chi connectivity index (χ0) is 34.6. The molecule has 1 amide bonds. The molecule has 282 valence electrons. The molecule has 0 radical (unpaired) electrons. The lowest BCUT2D eigenvalue weighted by Gasteiger charge is -2.27. The first-order valence-corrected chi connectivity index (χ1v) is 20.9. The van der Waals surface area contributed by atoms with E-state index in [1.807, 2.05) is 0 Å². The van der Waals surface area contributed by atoms with Gasteiger partial charge in [0.05, 0.1) is 18.8 Å². The van der Waals surface area contributed by atoms with Crippen LogP contribution in [0.15, 0.2) is 0 Å². The fraction of sp³-hybridized carbons (Fsp3) is 0.976. The van der Waals surface area contributed by atoms with Gasteiger partial charge in [-0.25, -0.2) is 0 Å². The van der Waals surface area contributed by atoms with Crippen LogP contribution in [0.25, 0.3) is 0 Å². The zero-order valence-corrected chi connectivity index (χ0v) is 31.5. The predicted octanol–water partition coefficient (Wildman–Crippen LogP) is 10.5. The normalized spacial score (nSPS) is 14.3. The Morgan fingerprint density at radius 1 is 0.447 bits per heavy atom. The van der Waals surface area contributed by atoms with Gasteiger partial charge in [0.25, 0.3) is 0 Å². The van der Waals surface area contributed by atoms with Crippen molar-refractivity contribution >= 4 is 5.91 Å². The van der Waals surface area contributed by atoms with E-state index in [4.69, 9.17) is 0 Å². The fourth-order valence-corrected chi connectivity index (χ4v) is 6.70. The monoisotopic (exact) mass is 670 g/mol. The lowest BCUT2D eigenvalue weighted by atomic mass is 9.99. The number of unbranched alkanes of at least 4 members (excludes halogenated alkanes) is 29. The number of hydrogen-bond donors (Lipinski definition) is 5. The maximum absolute atomic E-state index is 12.5. The van der Waals surface area contributed by atoms with Gasteiger partial charge in [-0.15, -0.1) is 0 Å². The first-order chi connectivity index (χ1) is 23.0. The van der Waals surface area contributed by atoms with Gasteiger partial charge in [-0.05, 0) is 12.8 Å². The second-order valence-corrected chi connectivity index (χ2v) is 14.7. The molecule has 4 atom stereocenters. The van der Waals surface area contributed by atoms with Crippen molar-refractivity contribution in [2.45, 2.75) is 250 Å². The minimum Gasteiger partial charge on any atom is -0.394 e. The highest BCUT2D eigenvalue weighted by Gasteiger charge is 2.28. The molecule has 5 N–H and O–H groups in total. The van der Waals surface area contributed by atoms with Crippen LogP contribution in [-0.2, 0) is 4.79 Å². The highest BCUT2D eigenvalue weighted by atomic mass is 16.3. The smallest absolute Gasteiger partial charge is 0.249 e. The molecule has 0 saturated carbocycles. The van der Waals surface area contributed by atoms with Gasteiger partial charge in [0, 0.05) is 0 Å². The maximum atomic E-state index is 12.5. The van der Waals surface area contributed by atoms with Crippen LogP contribution < -0.4 is 5.32 Å². The predicted molar refractivity (Wildman–Crippen MR) is 201 cm³/mol. The third-order valence-corrected chi connectivity index (χ3v) is 10.1. The number of nitrogens with one attached hydrogen (secondary N) is 1. The van der Waals surface area contributed by atoms with Crippen molar-refractivity contribution in [3.8, 4) is 0 Å². The number of rotatable bonds is 38. The molecule has 0 aromatic rings. The summed E-state index contributed by atoms with van der Waals surface area (Å²) in [5.41, 5.74) is 0. The van der Waals surface area contributed by atoms with E-state index in [1.165, 1.54) is 161 Å². The molecular formula is C41H83NO5. The molecule has 0 spiro atoms. The van der Waals surface area contributed by atoms with Crippen LogP contribution in [-0.4, -0.2) is 57.3 Å². The van der Waals surface area contributed by atoms with Gasteiger partial charge in [0.2, 0.25) is 5.91 Å². The van der Waals surface area contributed by atoms with Crippen molar-refractivity contribution < 1.29 is 25.2 Å². The second kappa shape index (κ2) is 36.6. The minimum absolute atomic E-state index is 0.375. The van der Waals surface area contributed by atoms with E-state index >= 15 is 0 Å². The Morgan fingerprint density at radius 3 is 1.02 bits per heavy atom. The van der Waals surface area contributed by atoms with Crippen LogP contribution in [0.5, 0.6) is 0 Å². The summed E-state index contributed by atoms with van der Waals surface area (Å²) in [6.45, 7) is 4.04. The van der Waals surface area contributed by atoms with Crippen molar-refractivity contribution in [1.29, 1.82) is 0 Å². The lowest BCUT2D eigenvalue weighted by Crippen LogP contribution is -2.53. The van der Waals surface area contributed by atoms with E-state index in [0.717, 1.165) is 38.5 Å². The third-order valence-electron chi connectivity index (χ3n) is 10.1. The number of hydrogen-bond acceptors (Lipinski definition) is 5. The van der Waals surface area contributed by atoms with Crippen molar-refractivity contribution in [3.05, 3.63) is 0 Å². The lowest BCUT2D eigenvalue weighted by molar-refractivity contribution is -0.132. The van der Waals surface area contributed by atoms with Gasteiger partial charge in [-0.2, -0.15) is 0 Å². The Kier molecular flexibility index (Phi) is 36.0. The summed E-state index contributed by atoms with van der Waals surface area (Å²) < 4.78 is 0. The van der Waals surface area contributed by atoms with E-state index in [0.29, 0.717) is 12.8 Å². The third kappa shape index (κ3) is 31.1. The molecule has 0 fully saturated rings. The summed E-state index contributed by atoms with van der Waals surface area (Å²) in [7, 11) is 0. The van der Waals surface area contributed by atoms with Crippen LogP contribution in [0.1, 0.15) is 226 Å². The van der Waals surface area contributed by atoms with E-state index < -0.39 is 36.9 Å². The SMILES string of the molecule is CCCCCCCCCCCCCCCCCCCCCCC(O)C(=O)NC(CO)C(O)C(O)CCCCCCCCCCCCC. The first-order valence-electron chi connectivity index (χ1n) is 20.9. The van der Waals surface area contributed by atoms with Crippen molar-refractivity contribution in [2.75, 3.05) is 6.61 Å². The highest BCUT2D eigenvalue weighted by Crippen LogP contribution is 2.17. The number of carbonyl (C=O) groups is 1. The van der Waals surface area contributed by atoms with Crippen LogP contribution in [0.4, 0.5) is 0 Å². The summed E-state index contributed by atoms with van der Waals surface area (Å²) in [5, 5.41) is 43.5. The van der Waals surface area contributed by atoms with Gasteiger partial charge >= 0.3 is 0 Å². The van der Waals surface area contributed by atoms with Gasteiger partial charge < -0.3 is 25.7 Å². The fourth-order valence-electron chi connectivity index (χ4n) is 6.70. The molecule has 6 heteroatoms. The Labute approximate surface area is 292 Å². The molecule has 0 rings (SSSR count). The van der Waals surface area contributed by atoms with Gasteiger partial charge in [-0.3, -0.25) is 4.79 Å². The Bertz CT molecular complexity index is 633. The molecule has 0 aromatic heterocycles. The number of carbonyl (C=O) groups excluding carboxylic acids is 1. The van der Waals surface area contributed by atoms with Gasteiger partial charge in [-0.1, -0.05) is 213 Å². The summed E-state index contributed by atoms with van der Waals surface area (Å²) in [4.78, 5) is 12.5. The standard InChI is InChI=1S/C41H83NO5/c1-3-5-7-9-11-13-15-16-17-18-19-20-21-22-23-25-27-29-31-33-35-39(45)41(47)42-37(36-43)40(46)38(44)34-32-30-28-26-24-14-12-10-8-6-4-2/h37-40,43-46H,3-36H2,1-2H3,(H,42,47). The molecule has 0 heterocycles. The number of aliphatic hydroxyl groups is 4. The summed E-state index contributed by atoms with van der Waals surface area (Å²) in [6.07, 6.45) is 37.0. The van der Waals surface area contributed by atoms with E-state index in [1.54, 1.807) is 0 Å². The molecule has 0 aliphatic carbocycles. The van der Waals surface area contributed by atoms with Crippen LogP contribution in [0.3, 0.4) is 0 Å². The molecular weight excluding hydrogens is 586 g/mol. The summed E-state index contributed by atoms with van der Waals surface area (Å²) in [6, 6.07) is -0.977. The second-order valence-electron chi connectivity index (χ2n) is 14.7. The Morgan fingerprint density at radius 2 is 0.723 bits per heavy atom. The zero-order valence-electron chi connectivity index (χ0n) is 31.5. The average molecular weight is 670 g/mol. The van der Waals surface area contributed by atoms with Crippen LogP contribution in [0, 0.1) is 0 Å². The van der Waals surface area contributed by atoms with Gasteiger partial charge in [0.15, 0.2) is 0 Å². The molecule has 0 aliphatic rings. The molecule has 0 aliphatic heterocycles. The molecule has 0 saturated heterocycles.